The van der Waals surface area contributed by atoms with Gasteiger partial charge >= 0.3 is 0 Å². The van der Waals surface area contributed by atoms with Gasteiger partial charge in [0.25, 0.3) is 0 Å². The van der Waals surface area contributed by atoms with E-state index in [0.717, 1.165) is 16.0 Å². The molecular formula is C15H14N2OS. The first kappa shape index (κ1) is 13.3. The predicted octanol–water partition coefficient (Wildman–Crippen LogP) is 2.98. The van der Waals surface area contributed by atoms with Gasteiger partial charge in [-0.1, -0.05) is 30.3 Å². The number of nitrogens with one attached hydrogen (secondary N) is 1. The van der Waals surface area contributed by atoms with Crippen molar-refractivity contribution in [3.8, 4) is 6.07 Å². The van der Waals surface area contributed by atoms with Gasteiger partial charge < -0.3 is 5.32 Å². The topological polar surface area (TPSA) is 52.9 Å². The Balaban J connectivity index is 2.06. The maximum absolute atomic E-state index is 11.9. The van der Waals surface area contributed by atoms with Crippen LogP contribution in [0, 0.1) is 18.3 Å². The maximum atomic E-state index is 11.9. The molecule has 3 nitrogen and oxygen atoms in total. The van der Waals surface area contributed by atoms with Crippen LogP contribution in [0.5, 0.6) is 0 Å². The number of hydrogen-bond donors (Lipinski definition) is 1. The monoisotopic (exact) mass is 270 g/mol. The third kappa shape index (κ3) is 3.43. The zero-order chi connectivity index (χ0) is 13.7. The van der Waals surface area contributed by atoms with E-state index in [1.54, 1.807) is 11.3 Å². The van der Waals surface area contributed by atoms with Crippen molar-refractivity contribution in [1.82, 2.24) is 5.32 Å². The van der Waals surface area contributed by atoms with E-state index < -0.39 is 6.04 Å². The van der Waals surface area contributed by atoms with Gasteiger partial charge in [-0.3, -0.25) is 4.79 Å². The van der Waals surface area contributed by atoms with Crippen LogP contribution < -0.4 is 5.32 Å². The summed E-state index contributed by atoms with van der Waals surface area (Å²) in [5.41, 5.74) is 1.86. The Morgan fingerprint density at radius 1 is 1.37 bits per heavy atom. The van der Waals surface area contributed by atoms with Crippen molar-refractivity contribution in [3.05, 3.63) is 57.8 Å². The van der Waals surface area contributed by atoms with Crippen LogP contribution >= 0.6 is 11.3 Å². The Morgan fingerprint density at radius 3 is 2.79 bits per heavy atom. The fraction of sp³-hybridized carbons (Fsp3) is 0.200. The van der Waals surface area contributed by atoms with Crippen molar-refractivity contribution >= 4 is 17.2 Å². The molecule has 0 saturated heterocycles. The number of benzene rings is 1. The predicted molar refractivity (Wildman–Crippen MR) is 75.7 cm³/mol. The van der Waals surface area contributed by atoms with Gasteiger partial charge in [0.15, 0.2) is 0 Å². The molecule has 0 aliphatic rings. The summed E-state index contributed by atoms with van der Waals surface area (Å²) in [6.07, 6.45) is 0.321. The molecule has 0 saturated carbocycles. The van der Waals surface area contributed by atoms with E-state index >= 15 is 0 Å². The van der Waals surface area contributed by atoms with E-state index in [0.29, 0.717) is 6.42 Å². The lowest BCUT2D eigenvalue weighted by Gasteiger charge is -2.13. The molecule has 1 unspecified atom stereocenters. The smallest absolute Gasteiger partial charge is 0.226 e. The Hall–Kier alpha value is -2.12. The second kappa shape index (κ2) is 6.17. The molecule has 4 heteroatoms. The van der Waals surface area contributed by atoms with Gasteiger partial charge in [-0.25, -0.2) is 0 Å². The molecule has 1 aromatic carbocycles. The van der Waals surface area contributed by atoms with Crippen LogP contribution in [0.1, 0.15) is 22.0 Å². The summed E-state index contributed by atoms with van der Waals surface area (Å²) in [6, 6.07) is 13.0. The summed E-state index contributed by atoms with van der Waals surface area (Å²) < 4.78 is 0. The maximum Gasteiger partial charge on any atom is 0.226 e. The SMILES string of the molecule is Cc1ccccc1C(C#N)NC(=O)Cc1cccs1. The van der Waals surface area contributed by atoms with Crippen LogP contribution in [0.2, 0.25) is 0 Å². The lowest BCUT2D eigenvalue weighted by atomic mass is 10.0. The molecule has 0 spiro atoms. The van der Waals surface area contributed by atoms with Crippen LogP contribution in [-0.4, -0.2) is 5.91 Å². The highest BCUT2D eigenvalue weighted by Crippen LogP contribution is 2.17. The summed E-state index contributed by atoms with van der Waals surface area (Å²) in [7, 11) is 0. The van der Waals surface area contributed by atoms with E-state index in [2.05, 4.69) is 11.4 Å². The molecule has 2 aromatic rings. The molecule has 0 radical (unpaired) electrons. The van der Waals surface area contributed by atoms with E-state index in [4.69, 9.17) is 0 Å². The molecule has 0 bridgehead atoms. The number of aryl methyl sites for hydroxylation is 1. The molecule has 2 rings (SSSR count). The van der Waals surface area contributed by atoms with Gasteiger partial charge in [0.2, 0.25) is 5.91 Å². The number of nitrogens with zero attached hydrogens (tertiary/aromatic N) is 1. The Labute approximate surface area is 116 Å². The fourth-order valence-electron chi connectivity index (χ4n) is 1.87. The molecule has 96 valence electrons. The molecular weight excluding hydrogens is 256 g/mol. The number of carbonyl (C=O) groups excluding carboxylic acids is 1. The first-order valence-corrected chi connectivity index (χ1v) is 6.85. The number of rotatable bonds is 4. The van der Waals surface area contributed by atoms with Crippen molar-refractivity contribution in [1.29, 1.82) is 5.26 Å². The van der Waals surface area contributed by atoms with Gasteiger partial charge in [0.05, 0.1) is 12.5 Å². The molecule has 1 atom stereocenters. The van der Waals surface area contributed by atoms with Crippen LogP contribution in [0.3, 0.4) is 0 Å². The van der Waals surface area contributed by atoms with Crippen LogP contribution in [0.15, 0.2) is 41.8 Å². The summed E-state index contributed by atoms with van der Waals surface area (Å²) in [5.74, 6) is -0.128. The molecule has 1 N–H and O–H groups in total. The normalized spacial score (nSPS) is 11.6. The highest BCUT2D eigenvalue weighted by atomic mass is 32.1. The third-order valence-corrected chi connectivity index (χ3v) is 3.73. The van der Waals surface area contributed by atoms with E-state index in [1.165, 1.54) is 0 Å². The molecule has 19 heavy (non-hydrogen) atoms. The van der Waals surface area contributed by atoms with Gasteiger partial charge in [-0.2, -0.15) is 5.26 Å². The van der Waals surface area contributed by atoms with Gasteiger partial charge in [-0.05, 0) is 29.5 Å². The minimum atomic E-state index is -0.589. The minimum Gasteiger partial charge on any atom is -0.336 e. The van der Waals surface area contributed by atoms with Crippen molar-refractivity contribution in [3.63, 3.8) is 0 Å². The molecule has 1 aromatic heterocycles. The van der Waals surface area contributed by atoms with Crippen LogP contribution in [-0.2, 0) is 11.2 Å². The number of amides is 1. The Kier molecular flexibility index (Phi) is 4.32. The van der Waals surface area contributed by atoms with Crippen LogP contribution in [0.4, 0.5) is 0 Å². The van der Waals surface area contributed by atoms with Gasteiger partial charge in [0, 0.05) is 4.88 Å². The standard InChI is InChI=1S/C15H14N2OS/c1-11-5-2-3-7-13(11)14(10-16)17-15(18)9-12-6-4-8-19-12/h2-8,14H,9H2,1H3,(H,17,18). The third-order valence-electron chi connectivity index (χ3n) is 2.85. The summed E-state index contributed by atoms with van der Waals surface area (Å²) in [6.45, 7) is 1.94. The average Bonchev–Trinajstić information content (AvgIpc) is 2.89. The highest BCUT2D eigenvalue weighted by Gasteiger charge is 2.15. The zero-order valence-electron chi connectivity index (χ0n) is 10.6. The summed E-state index contributed by atoms with van der Waals surface area (Å²) in [5, 5.41) is 13.9. The number of thiophene rings is 1. The first-order chi connectivity index (χ1) is 9.20. The molecule has 0 aliphatic carbocycles. The number of carbonyl (C=O) groups is 1. The molecule has 0 fully saturated rings. The average molecular weight is 270 g/mol. The quantitative estimate of drug-likeness (QED) is 0.928. The first-order valence-electron chi connectivity index (χ1n) is 5.97. The highest BCUT2D eigenvalue weighted by molar-refractivity contribution is 7.10. The second-order valence-electron chi connectivity index (χ2n) is 4.24. The number of nitriles is 1. The lowest BCUT2D eigenvalue weighted by Crippen LogP contribution is -2.29. The van der Waals surface area contributed by atoms with Gasteiger partial charge in [0.1, 0.15) is 6.04 Å². The van der Waals surface area contributed by atoms with Crippen molar-refractivity contribution in [2.45, 2.75) is 19.4 Å². The van der Waals surface area contributed by atoms with Gasteiger partial charge in [-0.15, -0.1) is 11.3 Å². The molecule has 1 heterocycles. The summed E-state index contributed by atoms with van der Waals surface area (Å²) >= 11 is 1.54. The number of hydrogen-bond acceptors (Lipinski definition) is 3. The molecule has 0 aliphatic heterocycles. The van der Waals surface area contributed by atoms with Crippen LogP contribution in [0.25, 0.3) is 0 Å². The lowest BCUT2D eigenvalue weighted by molar-refractivity contribution is -0.120. The second-order valence-corrected chi connectivity index (χ2v) is 5.27. The molecule has 1 amide bonds. The van der Waals surface area contributed by atoms with Crippen molar-refractivity contribution in [2.24, 2.45) is 0 Å². The van der Waals surface area contributed by atoms with E-state index in [1.807, 2.05) is 48.7 Å². The largest absolute Gasteiger partial charge is 0.336 e. The van der Waals surface area contributed by atoms with E-state index in [9.17, 15) is 10.1 Å². The summed E-state index contributed by atoms with van der Waals surface area (Å²) in [4.78, 5) is 12.9. The minimum absolute atomic E-state index is 0.128. The Morgan fingerprint density at radius 2 is 2.16 bits per heavy atom. The fourth-order valence-corrected chi connectivity index (χ4v) is 2.58. The Bertz CT molecular complexity index is 599. The van der Waals surface area contributed by atoms with Crippen molar-refractivity contribution in [2.75, 3.05) is 0 Å². The van der Waals surface area contributed by atoms with E-state index in [-0.39, 0.29) is 5.91 Å². The van der Waals surface area contributed by atoms with Crippen molar-refractivity contribution < 1.29 is 4.79 Å². The zero-order valence-corrected chi connectivity index (χ0v) is 11.4.